The van der Waals surface area contributed by atoms with E-state index in [2.05, 4.69) is 52.8 Å². The quantitative estimate of drug-likeness (QED) is 0.838. The topological polar surface area (TPSA) is 26.0 Å². The zero-order valence-electron chi connectivity index (χ0n) is 12.5. The molecule has 1 aliphatic rings. The summed E-state index contributed by atoms with van der Waals surface area (Å²) in [5.41, 5.74) is 11.0. The van der Waals surface area contributed by atoms with E-state index in [1.807, 2.05) is 0 Å². The smallest absolute Gasteiger partial charge is 0.00813 e. The highest BCUT2D eigenvalue weighted by Crippen LogP contribution is 2.53. The van der Waals surface area contributed by atoms with E-state index in [4.69, 9.17) is 5.73 Å². The number of hydrogen-bond donors (Lipinski definition) is 1. The molecule has 1 aromatic carbocycles. The Morgan fingerprint density at radius 1 is 1.17 bits per heavy atom. The lowest BCUT2D eigenvalue weighted by atomic mass is 9.52. The van der Waals surface area contributed by atoms with E-state index in [0.29, 0.717) is 5.41 Å². The molecule has 0 radical (unpaired) electrons. The Balaban J connectivity index is 2.23. The second-order valence-corrected chi connectivity index (χ2v) is 7.25. The Morgan fingerprint density at radius 2 is 1.78 bits per heavy atom. The summed E-state index contributed by atoms with van der Waals surface area (Å²) < 4.78 is 0. The molecule has 0 saturated heterocycles. The van der Waals surface area contributed by atoms with Gasteiger partial charge < -0.3 is 5.73 Å². The zero-order chi connectivity index (χ0) is 13.6. The summed E-state index contributed by atoms with van der Waals surface area (Å²) >= 11 is 0. The van der Waals surface area contributed by atoms with Crippen molar-refractivity contribution in [3.05, 3.63) is 34.9 Å². The van der Waals surface area contributed by atoms with Gasteiger partial charge in [-0.25, -0.2) is 0 Å². The minimum atomic E-state index is 0.246. The highest BCUT2D eigenvalue weighted by molar-refractivity contribution is 5.37. The minimum Gasteiger partial charge on any atom is -0.330 e. The first kappa shape index (κ1) is 13.6. The molecule has 0 heterocycles. The van der Waals surface area contributed by atoms with Crippen LogP contribution in [-0.2, 0) is 5.41 Å². The predicted molar refractivity (Wildman–Crippen MR) is 78.8 cm³/mol. The summed E-state index contributed by atoms with van der Waals surface area (Å²) in [5, 5.41) is 0. The standard InChI is InChI=1S/C17H27N/c1-12-6-7-14(8-13(12)2)17(11-18)9-15(10-17)16(3,4)5/h6-8,15H,9-11,18H2,1-5H3. The van der Waals surface area contributed by atoms with Crippen molar-refractivity contribution in [3.8, 4) is 0 Å². The molecule has 0 unspecified atom stereocenters. The van der Waals surface area contributed by atoms with Crippen LogP contribution in [0.25, 0.3) is 0 Å². The van der Waals surface area contributed by atoms with Crippen molar-refractivity contribution in [2.75, 3.05) is 6.54 Å². The maximum Gasteiger partial charge on any atom is 0.00813 e. The van der Waals surface area contributed by atoms with E-state index in [-0.39, 0.29) is 5.41 Å². The van der Waals surface area contributed by atoms with Gasteiger partial charge in [0.25, 0.3) is 0 Å². The number of benzene rings is 1. The van der Waals surface area contributed by atoms with Crippen molar-refractivity contribution in [1.82, 2.24) is 0 Å². The summed E-state index contributed by atoms with van der Waals surface area (Å²) in [6.45, 7) is 12.2. The molecule has 0 amide bonds. The van der Waals surface area contributed by atoms with Crippen LogP contribution in [0.2, 0.25) is 0 Å². The fourth-order valence-corrected chi connectivity index (χ4v) is 3.09. The number of aryl methyl sites for hydroxylation is 2. The van der Waals surface area contributed by atoms with Crippen molar-refractivity contribution in [1.29, 1.82) is 0 Å². The lowest BCUT2D eigenvalue weighted by molar-refractivity contribution is 0.0503. The normalized spacial score (nSPS) is 28.0. The van der Waals surface area contributed by atoms with Crippen molar-refractivity contribution in [2.45, 2.75) is 52.9 Å². The van der Waals surface area contributed by atoms with E-state index in [1.54, 1.807) is 0 Å². The molecule has 1 aliphatic carbocycles. The van der Waals surface area contributed by atoms with Gasteiger partial charge in [0.05, 0.1) is 0 Å². The molecule has 1 aromatic rings. The van der Waals surface area contributed by atoms with Gasteiger partial charge >= 0.3 is 0 Å². The van der Waals surface area contributed by atoms with Gasteiger partial charge in [-0.2, -0.15) is 0 Å². The van der Waals surface area contributed by atoms with Gasteiger partial charge in [0, 0.05) is 12.0 Å². The molecule has 0 aromatic heterocycles. The van der Waals surface area contributed by atoms with Crippen molar-refractivity contribution >= 4 is 0 Å². The molecule has 1 saturated carbocycles. The molecule has 0 aliphatic heterocycles. The number of hydrogen-bond acceptors (Lipinski definition) is 1. The molecule has 1 nitrogen and oxygen atoms in total. The maximum atomic E-state index is 6.09. The van der Waals surface area contributed by atoms with Crippen molar-refractivity contribution < 1.29 is 0 Å². The second-order valence-electron chi connectivity index (χ2n) is 7.25. The van der Waals surface area contributed by atoms with Crippen molar-refractivity contribution in [2.24, 2.45) is 17.1 Å². The molecule has 1 fully saturated rings. The van der Waals surface area contributed by atoms with Gasteiger partial charge in [0.2, 0.25) is 0 Å². The summed E-state index contributed by atoms with van der Waals surface area (Å²) in [6.07, 6.45) is 2.49. The van der Waals surface area contributed by atoms with Crippen LogP contribution in [0.5, 0.6) is 0 Å². The Morgan fingerprint density at radius 3 is 2.22 bits per heavy atom. The monoisotopic (exact) mass is 245 g/mol. The minimum absolute atomic E-state index is 0.246. The van der Waals surface area contributed by atoms with Crippen LogP contribution < -0.4 is 5.73 Å². The predicted octanol–water partition coefficient (Wildman–Crippen LogP) is 3.96. The van der Waals surface area contributed by atoms with Crippen LogP contribution >= 0.6 is 0 Å². The molecule has 0 spiro atoms. The molecule has 100 valence electrons. The van der Waals surface area contributed by atoms with Gasteiger partial charge in [-0.3, -0.25) is 0 Å². The first-order chi connectivity index (χ1) is 8.28. The van der Waals surface area contributed by atoms with Crippen LogP contribution in [0.4, 0.5) is 0 Å². The Bertz CT molecular complexity index is 433. The first-order valence-corrected chi connectivity index (χ1v) is 7.06. The highest BCUT2D eigenvalue weighted by Gasteiger charge is 2.48. The molecular formula is C17H27N. The highest BCUT2D eigenvalue weighted by atomic mass is 14.7. The SMILES string of the molecule is Cc1ccc(C2(CN)CC(C(C)(C)C)C2)cc1C. The summed E-state index contributed by atoms with van der Waals surface area (Å²) in [4.78, 5) is 0. The molecule has 0 bridgehead atoms. The molecule has 2 rings (SSSR count). The van der Waals surface area contributed by atoms with Crippen LogP contribution in [-0.4, -0.2) is 6.54 Å². The van der Waals surface area contributed by atoms with E-state index in [1.165, 1.54) is 29.5 Å². The third kappa shape index (κ3) is 2.21. The molecule has 2 N–H and O–H groups in total. The van der Waals surface area contributed by atoms with Gasteiger partial charge in [0.15, 0.2) is 0 Å². The number of rotatable bonds is 2. The third-order valence-electron chi connectivity index (χ3n) is 5.01. The van der Waals surface area contributed by atoms with Gasteiger partial charge in [0.1, 0.15) is 0 Å². The van der Waals surface area contributed by atoms with Crippen LogP contribution in [0.15, 0.2) is 18.2 Å². The fraction of sp³-hybridized carbons (Fsp3) is 0.647. The lowest BCUT2D eigenvalue weighted by Gasteiger charge is -2.53. The Hall–Kier alpha value is -0.820. The van der Waals surface area contributed by atoms with Gasteiger partial charge in [-0.1, -0.05) is 39.0 Å². The Kier molecular flexibility index (Phi) is 3.31. The lowest BCUT2D eigenvalue weighted by Crippen LogP contribution is -2.50. The van der Waals surface area contributed by atoms with E-state index in [9.17, 15) is 0 Å². The molecule has 1 heteroatoms. The molecule has 0 atom stereocenters. The Labute approximate surface area is 112 Å². The van der Waals surface area contributed by atoms with Crippen LogP contribution in [0, 0.1) is 25.2 Å². The summed E-state index contributed by atoms with van der Waals surface area (Å²) in [5.74, 6) is 0.808. The molecule has 18 heavy (non-hydrogen) atoms. The molecular weight excluding hydrogens is 218 g/mol. The fourth-order valence-electron chi connectivity index (χ4n) is 3.09. The first-order valence-electron chi connectivity index (χ1n) is 7.06. The van der Waals surface area contributed by atoms with Gasteiger partial charge in [-0.15, -0.1) is 0 Å². The zero-order valence-corrected chi connectivity index (χ0v) is 12.5. The third-order valence-corrected chi connectivity index (χ3v) is 5.01. The second kappa shape index (κ2) is 4.38. The van der Waals surface area contributed by atoms with E-state index < -0.39 is 0 Å². The van der Waals surface area contributed by atoms with Crippen molar-refractivity contribution in [3.63, 3.8) is 0 Å². The maximum absolute atomic E-state index is 6.09. The summed E-state index contributed by atoms with van der Waals surface area (Å²) in [7, 11) is 0. The largest absolute Gasteiger partial charge is 0.330 e. The number of nitrogens with two attached hydrogens (primary N) is 1. The average Bonchev–Trinajstić information content (AvgIpc) is 2.20. The van der Waals surface area contributed by atoms with Crippen LogP contribution in [0.3, 0.4) is 0 Å². The average molecular weight is 245 g/mol. The van der Waals surface area contributed by atoms with Gasteiger partial charge in [-0.05, 0) is 54.7 Å². The van der Waals surface area contributed by atoms with E-state index >= 15 is 0 Å². The van der Waals surface area contributed by atoms with E-state index in [0.717, 1.165) is 12.5 Å². The van der Waals surface area contributed by atoms with Crippen LogP contribution in [0.1, 0.15) is 50.3 Å². The summed E-state index contributed by atoms with van der Waals surface area (Å²) in [6, 6.07) is 6.88.